The van der Waals surface area contributed by atoms with Crippen LogP contribution in [-0.4, -0.2) is 16.9 Å². The summed E-state index contributed by atoms with van der Waals surface area (Å²) in [6, 6.07) is 8.58. The average molecular weight is 421 g/mol. The van der Waals surface area contributed by atoms with E-state index in [4.69, 9.17) is 16.2 Å². The van der Waals surface area contributed by atoms with Crippen LogP contribution < -0.4 is 16.2 Å². The number of esters is 1. The standard InChI is InChI=1S/C25H28N2O4/c1-25-9-8-17-16-5-3-15(31-24(30)19-11-14(26)12-21(27)23(19)29)10-13(16)2-4-18(17)20(25)6-7-22(25)28/h3,5,10-12,17-18,20,29H,2,4,6-9,26-27H2,1H3. The van der Waals surface area contributed by atoms with Crippen LogP contribution in [-0.2, 0) is 11.2 Å². The van der Waals surface area contributed by atoms with Gasteiger partial charge in [-0.05, 0) is 85.3 Å². The molecule has 5 N–H and O–H groups in total. The van der Waals surface area contributed by atoms with E-state index in [0.717, 1.165) is 38.5 Å². The number of carbonyl (C=O) groups excluding carboxylic acids is 2. The van der Waals surface area contributed by atoms with Crippen molar-refractivity contribution in [1.29, 1.82) is 0 Å². The number of Topliss-reactive ketones (excluding diaryl/α,β-unsaturated/α-hetero) is 1. The molecule has 162 valence electrons. The highest BCUT2D eigenvalue weighted by atomic mass is 16.5. The minimum Gasteiger partial charge on any atom is -0.505 e. The number of ketones is 1. The van der Waals surface area contributed by atoms with E-state index < -0.39 is 5.97 Å². The Hall–Kier alpha value is -3.02. The summed E-state index contributed by atoms with van der Waals surface area (Å²) in [5.74, 6) is 1.39. The number of phenolic OH excluding ortho intramolecular Hbond substituents is 1. The summed E-state index contributed by atoms with van der Waals surface area (Å²) in [6.45, 7) is 2.18. The molecule has 0 saturated heterocycles. The van der Waals surface area contributed by atoms with E-state index in [1.807, 2.05) is 12.1 Å². The van der Waals surface area contributed by atoms with Crippen molar-refractivity contribution >= 4 is 23.1 Å². The van der Waals surface area contributed by atoms with Crippen molar-refractivity contribution in [2.75, 3.05) is 11.5 Å². The molecule has 5 rings (SSSR count). The first-order valence-electron chi connectivity index (χ1n) is 11.0. The molecule has 0 aromatic heterocycles. The van der Waals surface area contributed by atoms with Gasteiger partial charge in [0.15, 0.2) is 5.75 Å². The first-order valence-corrected chi connectivity index (χ1v) is 11.0. The predicted octanol–water partition coefficient (Wildman–Crippen LogP) is 4.20. The molecule has 0 spiro atoms. The van der Waals surface area contributed by atoms with Crippen molar-refractivity contribution in [3.8, 4) is 11.5 Å². The summed E-state index contributed by atoms with van der Waals surface area (Å²) < 4.78 is 5.54. The zero-order chi connectivity index (χ0) is 21.9. The van der Waals surface area contributed by atoms with Gasteiger partial charge in [-0.2, -0.15) is 0 Å². The van der Waals surface area contributed by atoms with E-state index in [1.165, 1.54) is 23.3 Å². The van der Waals surface area contributed by atoms with Crippen molar-refractivity contribution in [1.82, 2.24) is 0 Å². The van der Waals surface area contributed by atoms with Crippen LogP contribution in [0.5, 0.6) is 11.5 Å². The number of hydrogen-bond acceptors (Lipinski definition) is 6. The summed E-state index contributed by atoms with van der Waals surface area (Å²) in [6.07, 6.45) is 5.73. The molecule has 0 amide bonds. The third kappa shape index (κ3) is 3.08. The van der Waals surface area contributed by atoms with Crippen LogP contribution in [0.1, 0.15) is 66.4 Å². The normalized spacial score (nSPS) is 29.1. The predicted molar refractivity (Wildman–Crippen MR) is 118 cm³/mol. The quantitative estimate of drug-likeness (QED) is 0.220. The van der Waals surface area contributed by atoms with Crippen LogP contribution in [0.4, 0.5) is 11.4 Å². The molecule has 0 heterocycles. The lowest BCUT2D eigenvalue weighted by Crippen LogP contribution is -2.42. The molecular formula is C25H28N2O4. The van der Waals surface area contributed by atoms with Crippen LogP contribution >= 0.6 is 0 Å². The Morgan fingerprint density at radius 3 is 2.74 bits per heavy atom. The van der Waals surface area contributed by atoms with Crippen molar-refractivity contribution in [2.24, 2.45) is 17.3 Å². The zero-order valence-corrected chi connectivity index (χ0v) is 17.7. The molecular weight excluding hydrogens is 392 g/mol. The topological polar surface area (TPSA) is 116 Å². The van der Waals surface area contributed by atoms with E-state index >= 15 is 0 Å². The Balaban J connectivity index is 1.38. The fourth-order valence-electron chi connectivity index (χ4n) is 6.39. The number of benzene rings is 2. The zero-order valence-electron chi connectivity index (χ0n) is 17.7. The lowest BCUT2D eigenvalue weighted by atomic mass is 9.55. The minimum absolute atomic E-state index is 0.0399. The lowest BCUT2D eigenvalue weighted by Gasteiger charge is -2.48. The fourth-order valence-corrected chi connectivity index (χ4v) is 6.39. The van der Waals surface area contributed by atoms with E-state index in [0.29, 0.717) is 29.3 Å². The Kier molecular flexibility index (Phi) is 4.50. The van der Waals surface area contributed by atoms with Gasteiger partial charge in [0.2, 0.25) is 0 Å². The van der Waals surface area contributed by atoms with Gasteiger partial charge in [0, 0.05) is 17.5 Å². The van der Waals surface area contributed by atoms with Crippen molar-refractivity contribution < 1.29 is 19.4 Å². The number of aryl methyl sites for hydroxylation is 1. The van der Waals surface area contributed by atoms with E-state index in [2.05, 4.69) is 13.0 Å². The first-order chi connectivity index (χ1) is 14.8. The van der Waals surface area contributed by atoms with Crippen LogP contribution in [0, 0.1) is 17.3 Å². The highest BCUT2D eigenvalue weighted by molar-refractivity contribution is 5.97. The van der Waals surface area contributed by atoms with Crippen LogP contribution in [0.25, 0.3) is 0 Å². The highest BCUT2D eigenvalue weighted by Gasteiger charge is 2.54. The molecule has 4 atom stereocenters. The number of hydrogen-bond donors (Lipinski definition) is 3. The maximum Gasteiger partial charge on any atom is 0.347 e. The second-order valence-corrected chi connectivity index (χ2v) is 9.59. The maximum atomic E-state index is 12.6. The van der Waals surface area contributed by atoms with E-state index in [-0.39, 0.29) is 28.1 Å². The number of aromatic hydroxyl groups is 1. The second-order valence-electron chi connectivity index (χ2n) is 9.59. The van der Waals surface area contributed by atoms with Gasteiger partial charge in [-0.3, -0.25) is 4.79 Å². The molecule has 2 fully saturated rings. The van der Waals surface area contributed by atoms with Gasteiger partial charge in [-0.1, -0.05) is 13.0 Å². The Morgan fingerprint density at radius 2 is 1.94 bits per heavy atom. The number of anilines is 2. The molecule has 3 aliphatic carbocycles. The minimum atomic E-state index is -0.692. The van der Waals surface area contributed by atoms with Gasteiger partial charge in [0.1, 0.15) is 17.1 Å². The van der Waals surface area contributed by atoms with Gasteiger partial charge in [-0.25, -0.2) is 4.79 Å². The molecule has 0 radical (unpaired) electrons. The summed E-state index contributed by atoms with van der Waals surface area (Å²) in [5, 5.41) is 10.1. The number of rotatable bonds is 2. The average Bonchev–Trinajstić information content (AvgIpc) is 3.05. The van der Waals surface area contributed by atoms with Gasteiger partial charge < -0.3 is 21.3 Å². The number of fused-ring (bicyclic) bond motifs is 5. The molecule has 0 bridgehead atoms. The fraction of sp³-hybridized carbons (Fsp3) is 0.440. The summed E-state index contributed by atoms with van der Waals surface area (Å²) in [5.41, 5.74) is 14.1. The van der Waals surface area contributed by atoms with Crippen molar-refractivity contribution in [2.45, 2.75) is 51.4 Å². The summed E-state index contributed by atoms with van der Waals surface area (Å²) in [4.78, 5) is 25.1. The molecule has 4 unspecified atom stereocenters. The van der Waals surface area contributed by atoms with Gasteiger partial charge in [0.05, 0.1) is 5.69 Å². The Morgan fingerprint density at radius 1 is 1.13 bits per heavy atom. The SMILES string of the molecule is CC12CCC3c4ccc(OC(=O)c5cc(N)cc(N)c5O)cc4CCC3C1CCC2=O. The summed E-state index contributed by atoms with van der Waals surface area (Å²) in [7, 11) is 0. The molecule has 31 heavy (non-hydrogen) atoms. The molecule has 6 heteroatoms. The van der Waals surface area contributed by atoms with Gasteiger partial charge >= 0.3 is 5.97 Å². The third-order valence-electron chi connectivity index (χ3n) is 8.00. The number of carbonyl (C=O) groups is 2. The number of nitrogens with two attached hydrogens (primary N) is 2. The Bertz CT molecular complexity index is 1100. The molecule has 2 aromatic carbocycles. The molecule has 0 aliphatic heterocycles. The summed E-state index contributed by atoms with van der Waals surface area (Å²) >= 11 is 0. The Labute approximate surface area is 181 Å². The number of phenols is 1. The second kappa shape index (κ2) is 7.01. The molecule has 2 saturated carbocycles. The van der Waals surface area contributed by atoms with E-state index in [9.17, 15) is 14.7 Å². The van der Waals surface area contributed by atoms with Crippen LogP contribution in [0.2, 0.25) is 0 Å². The third-order valence-corrected chi connectivity index (χ3v) is 8.00. The number of ether oxygens (including phenoxy) is 1. The van der Waals surface area contributed by atoms with Crippen molar-refractivity contribution in [3.05, 3.63) is 47.0 Å². The molecule has 6 nitrogen and oxygen atoms in total. The molecule has 3 aliphatic rings. The van der Waals surface area contributed by atoms with E-state index in [1.54, 1.807) is 0 Å². The van der Waals surface area contributed by atoms with Gasteiger partial charge in [0.25, 0.3) is 0 Å². The lowest BCUT2D eigenvalue weighted by molar-refractivity contribution is -0.129. The van der Waals surface area contributed by atoms with Gasteiger partial charge in [-0.15, -0.1) is 0 Å². The maximum absolute atomic E-state index is 12.6. The molecule has 2 aromatic rings. The largest absolute Gasteiger partial charge is 0.505 e. The number of nitrogen functional groups attached to an aromatic ring is 2. The van der Waals surface area contributed by atoms with Crippen LogP contribution in [0.3, 0.4) is 0 Å². The van der Waals surface area contributed by atoms with Crippen LogP contribution in [0.15, 0.2) is 30.3 Å². The smallest absolute Gasteiger partial charge is 0.347 e. The monoisotopic (exact) mass is 420 g/mol. The van der Waals surface area contributed by atoms with Crippen molar-refractivity contribution in [3.63, 3.8) is 0 Å². The first kappa shape index (κ1) is 19.9. The highest BCUT2D eigenvalue weighted by Crippen LogP contribution is 2.59.